The van der Waals surface area contributed by atoms with Gasteiger partial charge in [-0.1, -0.05) is 49.6 Å². The quantitative estimate of drug-likeness (QED) is 0.0761. The molecule has 0 heterocycles. The maximum Gasteiger partial charge on any atom is 0.416 e. The number of carbonyl (C=O) groups excluding carboxylic acids is 2. The molecule has 2 aliphatic rings. The Morgan fingerprint density at radius 3 is 1.71 bits per heavy atom. The fourth-order valence-corrected chi connectivity index (χ4v) is 7.02. The van der Waals surface area contributed by atoms with Crippen molar-refractivity contribution in [2.75, 3.05) is 18.1 Å². The second kappa shape index (κ2) is 15.3. The van der Waals surface area contributed by atoms with E-state index in [4.69, 9.17) is 9.47 Å². The van der Waals surface area contributed by atoms with Crippen LogP contribution in [0.2, 0.25) is 0 Å². The predicted molar refractivity (Wildman–Crippen MR) is 187 cm³/mol. The summed E-state index contributed by atoms with van der Waals surface area (Å²) in [6.07, 6.45) is -4.86. The number of anilines is 2. The molecular formula is C41H39F6NO4. The fraction of sp³-hybridized carbons (Fsp3) is 0.317. The van der Waals surface area contributed by atoms with E-state index < -0.39 is 40.8 Å². The van der Waals surface area contributed by atoms with Crippen molar-refractivity contribution in [3.05, 3.63) is 137 Å². The van der Waals surface area contributed by atoms with Crippen molar-refractivity contribution in [2.45, 2.75) is 70.1 Å². The summed E-state index contributed by atoms with van der Waals surface area (Å²) >= 11 is 0. The summed E-state index contributed by atoms with van der Waals surface area (Å²) in [6.45, 7) is 10.6. The van der Waals surface area contributed by atoms with Gasteiger partial charge in [0, 0.05) is 33.6 Å². The molecule has 5 nitrogen and oxygen atoms in total. The number of carbonyl (C=O) groups is 2. The molecule has 11 heteroatoms. The van der Waals surface area contributed by atoms with Gasteiger partial charge in [-0.15, -0.1) is 0 Å². The number of ether oxygens (including phenoxy) is 2. The number of allylic oxidation sites excluding steroid dienone is 4. The highest BCUT2D eigenvalue weighted by Crippen LogP contribution is 2.56. The molecule has 0 unspecified atom stereocenters. The van der Waals surface area contributed by atoms with E-state index in [0.717, 1.165) is 46.5 Å². The molecule has 3 aromatic rings. The number of benzene rings is 3. The second-order valence-corrected chi connectivity index (χ2v) is 13.1. The molecule has 52 heavy (non-hydrogen) atoms. The number of nitrogens with zero attached hydrogens (tertiary/aromatic N) is 1. The van der Waals surface area contributed by atoms with E-state index in [-0.39, 0.29) is 35.7 Å². The standard InChI is InChI=1S/C41H39F6NO4/c1-26(2)37(49)51-21-9-19-39(20-10-22-52-38(50)27(3)4)35-16-6-5-15-33(35)34-18-17-32(25-36(34)39)48(30-13-7-11-28(23-30)40(42,43)44)31-14-8-12-29(24-31)41(45,46)47/h5-8,11-16,23-25H,1,3,9-10,17-22H2,2,4H3. The lowest BCUT2D eigenvalue weighted by molar-refractivity contribution is -0.139. The Labute approximate surface area is 298 Å². The van der Waals surface area contributed by atoms with E-state index in [0.29, 0.717) is 44.2 Å². The molecule has 0 atom stereocenters. The van der Waals surface area contributed by atoms with Crippen LogP contribution in [-0.2, 0) is 36.8 Å². The monoisotopic (exact) mass is 723 g/mol. The van der Waals surface area contributed by atoms with E-state index in [9.17, 15) is 35.9 Å². The zero-order chi connectivity index (χ0) is 37.8. The zero-order valence-electron chi connectivity index (χ0n) is 28.9. The van der Waals surface area contributed by atoms with Gasteiger partial charge in [0.05, 0.1) is 24.3 Å². The van der Waals surface area contributed by atoms with Gasteiger partial charge in [-0.2, -0.15) is 26.3 Å². The predicted octanol–water partition coefficient (Wildman–Crippen LogP) is 11.0. The number of rotatable bonds is 13. The molecule has 0 amide bonds. The van der Waals surface area contributed by atoms with E-state index in [2.05, 4.69) is 13.2 Å². The highest BCUT2D eigenvalue weighted by molar-refractivity contribution is 5.88. The Morgan fingerprint density at radius 2 is 1.23 bits per heavy atom. The minimum atomic E-state index is -4.68. The van der Waals surface area contributed by atoms with Crippen molar-refractivity contribution in [2.24, 2.45) is 0 Å². The first-order chi connectivity index (χ1) is 24.5. The number of alkyl halides is 6. The van der Waals surface area contributed by atoms with Gasteiger partial charge in [-0.3, -0.25) is 0 Å². The summed E-state index contributed by atoms with van der Waals surface area (Å²) in [5, 5.41) is 0. The number of hydrogen-bond acceptors (Lipinski definition) is 5. The summed E-state index contributed by atoms with van der Waals surface area (Å²) < 4.78 is 94.5. The maximum atomic E-state index is 13.9. The van der Waals surface area contributed by atoms with Crippen molar-refractivity contribution in [3.63, 3.8) is 0 Å². The topological polar surface area (TPSA) is 55.8 Å². The van der Waals surface area contributed by atoms with Crippen LogP contribution in [0.15, 0.2) is 114 Å². The third-order valence-electron chi connectivity index (χ3n) is 9.36. The van der Waals surface area contributed by atoms with Crippen LogP contribution in [0.25, 0.3) is 5.57 Å². The minimum absolute atomic E-state index is 0.0592. The number of esters is 2. The smallest absolute Gasteiger partial charge is 0.416 e. The van der Waals surface area contributed by atoms with Gasteiger partial charge in [0.1, 0.15) is 0 Å². The van der Waals surface area contributed by atoms with Gasteiger partial charge in [0.25, 0.3) is 0 Å². The van der Waals surface area contributed by atoms with Crippen LogP contribution in [0.1, 0.15) is 74.6 Å². The summed E-state index contributed by atoms with van der Waals surface area (Å²) in [5.74, 6) is -1.05. The molecule has 0 bridgehead atoms. The molecule has 274 valence electrons. The lowest BCUT2D eigenvalue weighted by Gasteiger charge is -2.37. The third kappa shape index (κ3) is 8.19. The molecule has 0 fully saturated rings. The highest BCUT2D eigenvalue weighted by Gasteiger charge is 2.45. The molecule has 0 saturated carbocycles. The molecule has 2 aliphatic carbocycles. The Kier molecular flexibility index (Phi) is 11.2. The van der Waals surface area contributed by atoms with E-state index >= 15 is 0 Å². The minimum Gasteiger partial charge on any atom is -0.462 e. The fourth-order valence-electron chi connectivity index (χ4n) is 7.02. The Balaban J connectivity index is 1.64. The SMILES string of the molecule is C=C(C)C(=O)OCCCC1(CCCOC(=O)C(=C)C)C2=C(CCC(N(c3cccc(C(F)(F)F)c3)c3cccc(C(F)(F)F)c3)=C2)c2ccccc21. The first kappa shape index (κ1) is 38.2. The molecule has 5 rings (SSSR count). The highest BCUT2D eigenvalue weighted by atomic mass is 19.4. The summed E-state index contributed by atoms with van der Waals surface area (Å²) in [7, 11) is 0. The first-order valence-corrected chi connectivity index (χ1v) is 16.9. The average molecular weight is 724 g/mol. The van der Waals surface area contributed by atoms with Crippen molar-refractivity contribution < 1.29 is 45.4 Å². The summed E-state index contributed by atoms with van der Waals surface area (Å²) in [6, 6.07) is 16.9. The largest absolute Gasteiger partial charge is 0.462 e. The Bertz CT molecular complexity index is 1850. The molecule has 0 aliphatic heterocycles. The van der Waals surface area contributed by atoms with Crippen LogP contribution in [0.4, 0.5) is 37.7 Å². The van der Waals surface area contributed by atoms with Crippen LogP contribution in [0, 0.1) is 0 Å². The zero-order valence-corrected chi connectivity index (χ0v) is 28.9. The van der Waals surface area contributed by atoms with Gasteiger partial charge < -0.3 is 14.4 Å². The molecule has 0 saturated heterocycles. The second-order valence-electron chi connectivity index (χ2n) is 13.1. The lowest BCUT2D eigenvalue weighted by atomic mass is 9.69. The van der Waals surface area contributed by atoms with Gasteiger partial charge >= 0.3 is 24.3 Å². The Hall–Kier alpha value is -5.06. The molecule has 0 aromatic heterocycles. The van der Waals surface area contributed by atoms with Crippen molar-refractivity contribution in [1.82, 2.24) is 0 Å². The van der Waals surface area contributed by atoms with E-state index in [1.807, 2.05) is 30.3 Å². The third-order valence-corrected chi connectivity index (χ3v) is 9.36. The summed E-state index contributed by atoms with van der Waals surface area (Å²) in [5.41, 5.74) is 2.45. The van der Waals surface area contributed by atoms with E-state index in [1.54, 1.807) is 13.8 Å². The molecular weight excluding hydrogens is 684 g/mol. The van der Waals surface area contributed by atoms with Crippen LogP contribution in [0.5, 0.6) is 0 Å². The van der Waals surface area contributed by atoms with Gasteiger partial charge in [0.15, 0.2) is 0 Å². The molecule has 0 spiro atoms. The lowest BCUT2D eigenvalue weighted by Crippen LogP contribution is -2.29. The molecule has 0 N–H and O–H groups in total. The number of fused-ring (bicyclic) bond motifs is 2. The average Bonchev–Trinajstić information content (AvgIpc) is 3.37. The van der Waals surface area contributed by atoms with Gasteiger partial charge in [-0.25, -0.2) is 9.59 Å². The van der Waals surface area contributed by atoms with Crippen LogP contribution >= 0.6 is 0 Å². The summed E-state index contributed by atoms with van der Waals surface area (Å²) in [4.78, 5) is 25.8. The number of hydrogen-bond donors (Lipinski definition) is 0. The van der Waals surface area contributed by atoms with Gasteiger partial charge in [0.2, 0.25) is 0 Å². The van der Waals surface area contributed by atoms with E-state index in [1.165, 1.54) is 29.2 Å². The van der Waals surface area contributed by atoms with Crippen molar-refractivity contribution >= 4 is 28.9 Å². The van der Waals surface area contributed by atoms with Crippen molar-refractivity contribution in [1.29, 1.82) is 0 Å². The van der Waals surface area contributed by atoms with Gasteiger partial charge in [-0.05, 0) is 117 Å². The van der Waals surface area contributed by atoms with Crippen LogP contribution in [0.3, 0.4) is 0 Å². The van der Waals surface area contributed by atoms with Crippen LogP contribution in [-0.4, -0.2) is 25.2 Å². The van der Waals surface area contributed by atoms with Crippen LogP contribution < -0.4 is 4.90 Å². The number of halogens is 6. The normalized spacial score (nSPS) is 15.0. The Morgan fingerprint density at radius 1 is 0.731 bits per heavy atom. The maximum absolute atomic E-state index is 13.9. The molecule has 0 radical (unpaired) electrons. The molecule has 3 aromatic carbocycles. The van der Waals surface area contributed by atoms with Crippen molar-refractivity contribution in [3.8, 4) is 0 Å². The first-order valence-electron chi connectivity index (χ1n) is 16.9.